The maximum absolute atomic E-state index is 12.0. The topological polar surface area (TPSA) is 79.3 Å². The van der Waals surface area contributed by atoms with E-state index in [2.05, 4.69) is 10.3 Å². The maximum atomic E-state index is 12.0. The highest BCUT2D eigenvalue weighted by Gasteiger charge is 2.24. The van der Waals surface area contributed by atoms with Gasteiger partial charge in [-0.05, 0) is 32.4 Å². The Morgan fingerprint density at radius 2 is 2.11 bits per heavy atom. The third kappa shape index (κ3) is 3.55. The molecule has 0 fully saturated rings. The highest BCUT2D eigenvalue weighted by Crippen LogP contribution is 2.13. The Labute approximate surface area is 106 Å². The van der Waals surface area contributed by atoms with E-state index in [1.165, 1.54) is 18.3 Å². The number of amides is 1. The van der Waals surface area contributed by atoms with Crippen molar-refractivity contribution in [1.82, 2.24) is 10.3 Å². The summed E-state index contributed by atoms with van der Waals surface area (Å²) in [7, 11) is 0. The fraction of sp³-hybridized carbons (Fsp3) is 0.462. The minimum Gasteiger partial charge on any atom is -0.478 e. The van der Waals surface area contributed by atoms with Crippen LogP contribution < -0.4 is 5.32 Å². The fourth-order valence-electron chi connectivity index (χ4n) is 1.81. The molecule has 0 aromatic carbocycles. The van der Waals surface area contributed by atoms with E-state index in [1.807, 2.05) is 20.8 Å². The van der Waals surface area contributed by atoms with Gasteiger partial charge >= 0.3 is 5.97 Å². The molecule has 0 spiro atoms. The Hall–Kier alpha value is -1.91. The van der Waals surface area contributed by atoms with Gasteiger partial charge in [-0.1, -0.05) is 13.3 Å². The molecule has 5 nitrogen and oxygen atoms in total. The SMILES string of the molecule is CCCC(C)(C)NC(=O)c1ncccc1C(=O)O. The second kappa shape index (κ2) is 5.62. The van der Waals surface area contributed by atoms with Crippen molar-refractivity contribution in [3.8, 4) is 0 Å². The van der Waals surface area contributed by atoms with Crippen LogP contribution in [0.5, 0.6) is 0 Å². The lowest BCUT2D eigenvalue weighted by Gasteiger charge is -2.25. The molecule has 0 radical (unpaired) electrons. The van der Waals surface area contributed by atoms with Gasteiger partial charge in [0.05, 0.1) is 5.56 Å². The van der Waals surface area contributed by atoms with Gasteiger partial charge in [0, 0.05) is 11.7 Å². The fourth-order valence-corrected chi connectivity index (χ4v) is 1.81. The minimum absolute atomic E-state index is 0.0471. The molecule has 98 valence electrons. The van der Waals surface area contributed by atoms with Crippen LogP contribution in [-0.2, 0) is 0 Å². The van der Waals surface area contributed by atoms with Crippen LogP contribution in [0, 0.1) is 0 Å². The maximum Gasteiger partial charge on any atom is 0.338 e. The summed E-state index contributed by atoms with van der Waals surface area (Å²) in [6, 6.07) is 2.87. The van der Waals surface area contributed by atoms with Crippen LogP contribution in [0.4, 0.5) is 0 Å². The standard InChI is InChI=1S/C13H18N2O3/c1-4-7-13(2,3)15-11(16)10-9(12(17)18)6-5-8-14-10/h5-6,8H,4,7H2,1-3H3,(H,15,16)(H,17,18). The van der Waals surface area contributed by atoms with E-state index in [-0.39, 0.29) is 16.8 Å². The summed E-state index contributed by atoms with van der Waals surface area (Å²) in [6.45, 7) is 5.83. The quantitative estimate of drug-likeness (QED) is 0.838. The van der Waals surface area contributed by atoms with E-state index in [0.717, 1.165) is 12.8 Å². The van der Waals surface area contributed by atoms with E-state index in [0.29, 0.717) is 0 Å². The first-order valence-electron chi connectivity index (χ1n) is 5.88. The Bertz CT molecular complexity index is 455. The average molecular weight is 250 g/mol. The summed E-state index contributed by atoms with van der Waals surface area (Å²) in [6.07, 6.45) is 3.16. The van der Waals surface area contributed by atoms with Crippen molar-refractivity contribution in [2.75, 3.05) is 0 Å². The van der Waals surface area contributed by atoms with Crippen LogP contribution in [0.1, 0.15) is 54.5 Å². The van der Waals surface area contributed by atoms with Crippen molar-refractivity contribution < 1.29 is 14.7 Å². The summed E-state index contributed by atoms with van der Waals surface area (Å²) < 4.78 is 0. The molecule has 5 heteroatoms. The van der Waals surface area contributed by atoms with Gasteiger partial charge in [0.2, 0.25) is 0 Å². The van der Waals surface area contributed by atoms with Gasteiger partial charge in [-0.15, -0.1) is 0 Å². The average Bonchev–Trinajstić information content (AvgIpc) is 2.28. The molecule has 0 saturated heterocycles. The van der Waals surface area contributed by atoms with Crippen molar-refractivity contribution in [3.63, 3.8) is 0 Å². The predicted molar refractivity (Wildman–Crippen MR) is 67.6 cm³/mol. The summed E-state index contributed by atoms with van der Waals surface area (Å²) in [4.78, 5) is 26.9. The van der Waals surface area contributed by atoms with Crippen LogP contribution in [0.15, 0.2) is 18.3 Å². The third-order valence-electron chi connectivity index (χ3n) is 2.58. The van der Waals surface area contributed by atoms with Crippen LogP contribution in [0.25, 0.3) is 0 Å². The number of hydrogen-bond donors (Lipinski definition) is 2. The number of hydrogen-bond acceptors (Lipinski definition) is 3. The lowest BCUT2D eigenvalue weighted by Crippen LogP contribution is -2.44. The second-order valence-corrected chi connectivity index (χ2v) is 4.79. The minimum atomic E-state index is -1.15. The Morgan fingerprint density at radius 3 is 2.67 bits per heavy atom. The molecule has 0 atom stereocenters. The molecule has 0 aliphatic carbocycles. The van der Waals surface area contributed by atoms with Crippen molar-refractivity contribution in [3.05, 3.63) is 29.6 Å². The molecule has 1 rings (SSSR count). The Balaban J connectivity index is 2.95. The van der Waals surface area contributed by atoms with E-state index in [1.54, 1.807) is 0 Å². The molecule has 0 unspecified atom stereocenters. The van der Waals surface area contributed by atoms with Gasteiger partial charge in [-0.2, -0.15) is 0 Å². The van der Waals surface area contributed by atoms with Crippen molar-refractivity contribution in [1.29, 1.82) is 0 Å². The molecule has 1 aromatic heterocycles. The number of carbonyl (C=O) groups excluding carboxylic acids is 1. The van der Waals surface area contributed by atoms with E-state index in [4.69, 9.17) is 5.11 Å². The number of carboxylic acids is 1. The Kier molecular flexibility index (Phi) is 4.42. The lowest BCUT2D eigenvalue weighted by molar-refractivity contribution is 0.0688. The first kappa shape index (κ1) is 14.2. The smallest absolute Gasteiger partial charge is 0.338 e. The van der Waals surface area contributed by atoms with Crippen LogP contribution in [-0.4, -0.2) is 27.5 Å². The monoisotopic (exact) mass is 250 g/mol. The number of carboxylic acid groups (broad SMARTS) is 1. The molecule has 18 heavy (non-hydrogen) atoms. The summed E-state index contributed by atoms with van der Waals surface area (Å²) in [5.41, 5.74) is -0.504. The van der Waals surface area contributed by atoms with E-state index >= 15 is 0 Å². The molecule has 0 saturated carbocycles. The number of rotatable bonds is 5. The lowest BCUT2D eigenvalue weighted by atomic mass is 9.98. The Morgan fingerprint density at radius 1 is 1.44 bits per heavy atom. The number of carbonyl (C=O) groups is 2. The van der Waals surface area contributed by atoms with Gasteiger partial charge in [0.1, 0.15) is 5.69 Å². The third-order valence-corrected chi connectivity index (χ3v) is 2.58. The van der Waals surface area contributed by atoms with Crippen molar-refractivity contribution >= 4 is 11.9 Å². The molecule has 1 amide bonds. The van der Waals surface area contributed by atoms with Crippen molar-refractivity contribution in [2.24, 2.45) is 0 Å². The van der Waals surface area contributed by atoms with Crippen LogP contribution in [0.3, 0.4) is 0 Å². The molecule has 1 aromatic rings. The van der Waals surface area contributed by atoms with E-state index in [9.17, 15) is 9.59 Å². The number of aromatic nitrogens is 1. The summed E-state index contributed by atoms with van der Waals surface area (Å²) in [5, 5.41) is 11.8. The number of nitrogens with zero attached hydrogens (tertiary/aromatic N) is 1. The molecule has 2 N–H and O–H groups in total. The second-order valence-electron chi connectivity index (χ2n) is 4.79. The molecular formula is C13H18N2O3. The molecule has 1 heterocycles. The molecular weight excluding hydrogens is 232 g/mol. The number of pyridine rings is 1. The van der Waals surface area contributed by atoms with Gasteiger partial charge in [-0.25, -0.2) is 4.79 Å². The van der Waals surface area contributed by atoms with Gasteiger partial charge < -0.3 is 10.4 Å². The number of aromatic carboxylic acids is 1. The van der Waals surface area contributed by atoms with Crippen LogP contribution >= 0.6 is 0 Å². The predicted octanol–water partition coefficient (Wildman–Crippen LogP) is 2.09. The normalized spacial score (nSPS) is 11.1. The molecule has 0 aliphatic heterocycles. The van der Waals surface area contributed by atoms with Gasteiger partial charge in [0.15, 0.2) is 0 Å². The number of nitrogens with one attached hydrogen (secondary N) is 1. The highest BCUT2D eigenvalue weighted by atomic mass is 16.4. The zero-order chi connectivity index (χ0) is 13.8. The summed E-state index contributed by atoms with van der Waals surface area (Å²) in [5.74, 6) is -1.60. The van der Waals surface area contributed by atoms with Crippen LogP contribution in [0.2, 0.25) is 0 Å². The largest absolute Gasteiger partial charge is 0.478 e. The highest BCUT2D eigenvalue weighted by molar-refractivity contribution is 6.03. The zero-order valence-corrected chi connectivity index (χ0v) is 10.9. The first-order chi connectivity index (χ1) is 8.37. The van der Waals surface area contributed by atoms with Gasteiger partial charge in [0.25, 0.3) is 5.91 Å². The molecule has 0 aliphatic rings. The van der Waals surface area contributed by atoms with E-state index < -0.39 is 11.9 Å². The van der Waals surface area contributed by atoms with Crippen molar-refractivity contribution in [2.45, 2.75) is 39.2 Å². The van der Waals surface area contributed by atoms with Gasteiger partial charge in [-0.3, -0.25) is 9.78 Å². The first-order valence-corrected chi connectivity index (χ1v) is 5.88. The molecule has 0 bridgehead atoms. The summed E-state index contributed by atoms with van der Waals surface area (Å²) >= 11 is 0. The zero-order valence-electron chi connectivity index (χ0n) is 10.9.